The maximum absolute atomic E-state index is 5.85. The number of ether oxygens (including phenoxy) is 1. The Labute approximate surface area is 95.7 Å². The molecule has 0 bridgehead atoms. The predicted octanol–water partition coefficient (Wildman–Crippen LogP) is 2.45. The van der Waals surface area contributed by atoms with Crippen LogP contribution in [-0.2, 0) is 0 Å². The third kappa shape index (κ3) is 1.88. The van der Waals surface area contributed by atoms with Crippen LogP contribution in [0, 0.1) is 0 Å². The van der Waals surface area contributed by atoms with Gasteiger partial charge < -0.3 is 10.5 Å². The van der Waals surface area contributed by atoms with Crippen LogP contribution >= 0.6 is 22.9 Å². The molecule has 6 heteroatoms. The number of methoxy groups -OCH3 is 1. The molecule has 15 heavy (non-hydrogen) atoms. The molecule has 0 aliphatic carbocycles. The van der Waals surface area contributed by atoms with Gasteiger partial charge in [-0.05, 0) is 12.1 Å². The van der Waals surface area contributed by atoms with Crippen LogP contribution in [0.1, 0.15) is 0 Å². The lowest BCUT2D eigenvalue weighted by atomic mass is 10.3. The summed E-state index contributed by atoms with van der Waals surface area (Å²) >= 11 is 7.27. The number of nitrogens with zero attached hydrogens (tertiary/aromatic N) is 2. The van der Waals surface area contributed by atoms with Crippen molar-refractivity contribution in [3.63, 3.8) is 0 Å². The van der Waals surface area contributed by atoms with Gasteiger partial charge in [0, 0.05) is 0 Å². The average molecular weight is 242 g/mol. The molecular weight excluding hydrogens is 234 g/mol. The molecule has 0 saturated heterocycles. The molecule has 2 N–H and O–H groups in total. The van der Waals surface area contributed by atoms with Crippen molar-refractivity contribution in [2.75, 3.05) is 12.8 Å². The Hall–Kier alpha value is -1.33. The first-order chi connectivity index (χ1) is 7.22. The van der Waals surface area contributed by atoms with Crippen molar-refractivity contribution < 1.29 is 4.74 Å². The van der Waals surface area contributed by atoms with Gasteiger partial charge in [0.05, 0.1) is 16.3 Å². The summed E-state index contributed by atoms with van der Waals surface area (Å²) in [5.74, 6) is 0.808. The minimum absolute atomic E-state index is 0.326. The van der Waals surface area contributed by atoms with Crippen LogP contribution < -0.4 is 10.5 Å². The molecule has 2 heterocycles. The fraction of sp³-hybridized carbons (Fsp3) is 0.111. The molecule has 0 aliphatic heterocycles. The van der Waals surface area contributed by atoms with Gasteiger partial charge in [0.2, 0.25) is 0 Å². The zero-order valence-corrected chi connectivity index (χ0v) is 9.47. The smallest absolute Gasteiger partial charge is 0.188 e. The number of thiophene rings is 1. The molecule has 2 rings (SSSR count). The molecule has 0 aromatic carbocycles. The van der Waals surface area contributed by atoms with Gasteiger partial charge in [-0.2, -0.15) is 0 Å². The van der Waals surface area contributed by atoms with Gasteiger partial charge in [0.1, 0.15) is 12.0 Å². The minimum Gasteiger partial charge on any atom is -0.491 e. The molecule has 78 valence electrons. The van der Waals surface area contributed by atoms with Crippen molar-refractivity contribution in [3.05, 3.63) is 22.8 Å². The monoisotopic (exact) mass is 241 g/mol. The first kappa shape index (κ1) is 10.2. The fourth-order valence-electron chi connectivity index (χ4n) is 1.21. The zero-order chi connectivity index (χ0) is 10.8. The maximum Gasteiger partial charge on any atom is 0.188 e. The van der Waals surface area contributed by atoms with E-state index in [9.17, 15) is 0 Å². The van der Waals surface area contributed by atoms with Crippen LogP contribution in [0.2, 0.25) is 4.34 Å². The third-order valence-corrected chi connectivity index (χ3v) is 3.08. The van der Waals surface area contributed by atoms with Crippen molar-refractivity contribution in [2.24, 2.45) is 0 Å². The summed E-state index contributed by atoms with van der Waals surface area (Å²) in [5.41, 5.74) is 6.34. The molecule has 0 fully saturated rings. The molecule has 0 amide bonds. The number of hydrogen-bond acceptors (Lipinski definition) is 5. The van der Waals surface area contributed by atoms with Gasteiger partial charge in [-0.15, -0.1) is 11.3 Å². The largest absolute Gasteiger partial charge is 0.491 e. The highest BCUT2D eigenvalue weighted by Gasteiger charge is 2.13. The van der Waals surface area contributed by atoms with Gasteiger partial charge in [-0.25, -0.2) is 9.97 Å². The number of aromatic nitrogens is 2. The molecule has 2 aromatic heterocycles. The SMILES string of the molecule is COc1c(N)ncnc1-c1ccc(Cl)s1. The Bertz CT molecular complexity index is 486. The number of anilines is 1. The van der Waals surface area contributed by atoms with Crippen LogP contribution in [0.25, 0.3) is 10.6 Å². The van der Waals surface area contributed by atoms with Crippen molar-refractivity contribution in [3.8, 4) is 16.3 Å². The van der Waals surface area contributed by atoms with E-state index in [4.69, 9.17) is 22.1 Å². The molecule has 0 unspecified atom stereocenters. The first-order valence-electron chi connectivity index (χ1n) is 4.12. The van der Waals surface area contributed by atoms with Crippen LogP contribution in [0.4, 0.5) is 5.82 Å². The van der Waals surface area contributed by atoms with E-state index in [1.54, 1.807) is 6.07 Å². The van der Waals surface area contributed by atoms with Crippen LogP contribution in [0.15, 0.2) is 18.5 Å². The Morgan fingerprint density at radius 2 is 2.20 bits per heavy atom. The lowest BCUT2D eigenvalue weighted by molar-refractivity contribution is 0.415. The van der Waals surface area contributed by atoms with E-state index in [-0.39, 0.29) is 0 Å². The summed E-state index contributed by atoms with van der Waals surface area (Å²) < 4.78 is 5.85. The summed E-state index contributed by atoms with van der Waals surface area (Å²) in [7, 11) is 1.54. The summed E-state index contributed by atoms with van der Waals surface area (Å²) in [6, 6.07) is 3.68. The van der Waals surface area contributed by atoms with Gasteiger partial charge in [-0.3, -0.25) is 0 Å². The van der Waals surface area contributed by atoms with E-state index < -0.39 is 0 Å². The van der Waals surface area contributed by atoms with Crippen LogP contribution in [0.3, 0.4) is 0 Å². The van der Waals surface area contributed by atoms with Gasteiger partial charge in [-0.1, -0.05) is 11.6 Å². The Kier molecular flexibility index (Phi) is 2.75. The second-order valence-electron chi connectivity index (χ2n) is 2.74. The first-order valence-corrected chi connectivity index (χ1v) is 5.32. The Balaban J connectivity index is 2.57. The maximum atomic E-state index is 5.85. The third-order valence-electron chi connectivity index (χ3n) is 1.84. The van der Waals surface area contributed by atoms with E-state index in [1.807, 2.05) is 6.07 Å². The van der Waals surface area contributed by atoms with E-state index in [2.05, 4.69) is 9.97 Å². The van der Waals surface area contributed by atoms with Crippen molar-refractivity contribution >= 4 is 28.8 Å². The van der Waals surface area contributed by atoms with Crippen LogP contribution in [-0.4, -0.2) is 17.1 Å². The molecule has 0 atom stereocenters. The highest BCUT2D eigenvalue weighted by Crippen LogP contribution is 2.36. The highest BCUT2D eigenvalue weighted by atomic mass is 35.5. The lowest BCUT2D eigenvalue weighted by Gasteiger charge is -2.06. The predicted molar refractivity (Wildman–Crippen MR) is 61.3 cm³/mol. The fourth-order valence-corrected chi connectivity index (χ4v) is 2.24. The normalized spacial score (nSPS) is 10.3. The standard InChI is InChI=1S/C9H8ClN3OS/c1-14-8-7(12-4-13-9(8)11)5-2-3-6(10)15-5/h2-4H,1H3,(H2,11,12,13). The van der Waals surface area contributed by atoms with Gasteiger partial charge >= 0.3 is 0 Å². The molecule has 2 aromatic rings. The quantitative estimate of drug-likeness (QED) is 0.877. The van der Waals surface area contributed by atoms with Crippen molar-refractivity contribution in [2.45, 2.75) is 0 Å². The number of rotatable bonds is 2. The second kappa shape index (κ2) is 4.04. The average Bonchev–Trinajstić information content (AvgIpc) is 2.64. The molecule has 0 spiro atoms. The summed E-state index contributed by atoms with van der Waals surface area (Å²) in [5, 5.41) is 0. The zero-order valence-electron chi connectivity index (χ0n) is 7.90. The van der Waals surface area contributed by atoms with E-state index >= 15 is 0 Å². The van der Waals surface area contributed by atoms with E-state index in [1.165, 1.54) is 24.8 Å². The van der Waals surface area contributed by atoms with Crippen LogP contribution in [0.5, 0.6) is 5.75 Å². The number of hydrogen-bond donors (Lipinski definition) is 1. The molecule has 0 saturated carbocycles. The number of halogens is 1. The van der Waals surface area contributed by atoms with Gasteiger partial charge in [0.25, 0.3) is 0 Å². The summed E-state index contributed by atoms with van der Waals surface area (Å²) in [4.78, 5) is 8.89. The molecule has 4 nitrogen and oxygen atoms in total. The van der Waals surface area contributed by atoms with E-state index in [0.29, 0.717) is 21.6 Å². The summed E-state index contributed by atoms with van der Waals surface area (Å²) in [6.07, 6.45) is 1.40. The van der Waals surface area contributed by atoms with Crippen molar-refractivity contribution in [1.82, 2.24) is 9.97 Å². The second-order valence-corrected chi connectivity index (χ2v) is 4.46. The highest BCUT2D eigenvalue weighted by molar-refractivity contribution is 7.19. The summed E-state index contributed by atoms with van der Waals surface area (Å²) in [6.45, 7) is 0. The molecule has 0 aliphatic rings. The lowest BCUT2D eigenvalue weighted by Crippen LogP contribution is -1.98. The Morgan fingerprint density at radius 3 is 2.80 bits per heavy atom. The number of nitrogens with two attached hydrogens (primary N) is 1. The van der Waals surface area contributed by atoms with E-state index in [0.717, 1.165) is 4.88 Å². The minimum atomic E-state index is 0.326. The Morgan fingerprint density at radius 1 is 1.40 bits per heavy atom. The van der Waals surface area contributed by atoms with Crippen molar-refractivity contribution in [1.29, 1.82) is 0 Å². The van der Waals surface area contributed by atoms with Gasteiger partial charge in [0.15, 0.2) is 11.6 Å². The molecule has 0 radical (unpaired) electrons. The topological polar surface area (TPSA) is 61.0 Å². The number of nitrogen functional groups attached to an aromatic ring is 1. The molecular formula is C9H8ClN3OS.